The first-order valence-electron chi connectivity index (χ1n) is 8.49. The topological polar surface area (TPSA) is 57.0 Å². The van der Waals surface area contributed by atoms with Crippen molar-refractivity contribution in [3.63, 3.8) is 0 Å². The lowest BCUT2D eigenvalue weighted by molar-refractivity contribution is 1.02. The van der Waals surface area contributed by atoms with Crippen LogP contribution in [-0.4, -0.2) is 4.57 Å². The van der Waals surface area contributed by atoms with E-state index in [1.165, 1.54) is 43.4 Å². The summed E-state index contributed by atoms with van der Waals surface area (Å²) in [6.07, 6.45) is 0. The number of nitrogen functional groups attached to an aromatic ring is 1. The fraction of sp³-hybridized carbons (Fsp3) is 0.0909. The Balaban J connectivity index is 2.01. The minimum atomic E-state index is 0.565. The Hall–Kier alpha value is -3.04. The molecule has 0 atom stereocenters. The summed E-state index contributed by atoms with van der Waals surface area (Å²) in [5, 5.41) is 7.46. The van der Waals surface area contributed by atoms with E-state index < -0.39 is 0 Å². The first-order valence-corrected chi connectivity index (χ1v) is 8.49. The number of nitrogens with zero attached hydrogens (tertiary/aromatic N) is 1. The molecule has 4 N–H and O–H groups in total. The second-order valence-electron chi connectivity index (χ2n) is 6.72. The van der Waals surface area contributed by atoms with Gasteiger partial charge < -0.3 is 16.0 Å². The Morgan fingerprint density at radius 3 is 1.92 bits per heavy atom. The van der Waals surface area contributed by atoms with Gasteiger partial charge in [-0.05, 0) is 34.5 Å². The third-order valence-electron chi connectivity index (χ3n) is 5.27. The van der Waals surface area contributed by atoms with Crippen LogP contribution in [0.15, 0.2) is 60.7 Å². The van der Waals surface area contributed by atoms with Crippen LogP contribution >= 0.6 is 0 Å². The van der Waals surface area contributed by atoms with Gasteiger partial charge >= 0.3 is 0 Å². The van der Waals surface area contributed by atoms with E-state index in [-0.39, 0.29) is 0 Å². The number of fused-ring (bicyclic) bond motifs is 7. The molecule has 0 unspecified atom stereocenters. The Kier molecular flexibility index (Phi) is 2.85. The van der Waals surface area contributed by atoms with Crippen molar-refractivity contribution in [1.29, 1.82) is 0 Å². The summed E-state index contributed by atoms with van der Waals surface area (Å²) in [7, 11) is 2.15. The summed E-state index contributed by atoms with van der Waals surface area (Å²) in [6, 6.07) is 21.4. The van der Waals surface area contributed by atoms with Gasteiger partial charge in [-0.15, -0.1) is 0 Å². The standard InChI is InChI=1S/C22H19N3/c1-25-21-17-6-2-13(12-23)10-14(17)3-7-19(21)20-8-4-15-11-16(24)5-9-18(15)22(20)25/h2-11H,12,23-24H2,1H3. The van der Waals surface area contributed by atoms with Crippen LogP contribution < -0.4 is 11.5 Å². The highest BCUT2D eigenvalue weighted by molar-refractivity contribution is 6.23. The lowest BCUT2D eigenvalue weighted by Gasteiger charge is -2.06. The summed E-state index contributed by atoms with van der Waals surface area (Å²) >= 11 is 0. The fourth-order valence-corrected chi connectivity index (χ4v) is 4.09. The van der Waals surface area contributed by atoms with Crippen LogP contribution in [0.1, 0.15) is 5.56 Å². The van der Waals surface area contributed by atoms with Crippen molar-refractivity contribution < 1.29 is 0 Å². The highest BCUT2D eigenvalue weighted by Crippen LogP contribution is 2.37. The first-order chi connectivity index (χ1) is 12.2. The van der Waals surface area contributed by atoms with E-state index >= 15 is 0 Å². The van der Waals surface area contributed by atoms with Gasteiger partial charge in [0.25, 0.3) is 0 Å². The molecule has 122 valence electrons. The molecule has 0 fully saturated rings. The van der Waals surface area contributed by atoms with Crippen molar-refractivity contribution in [3.8, 4) is 0 Å². The SMILES string of the molecule is Cn1c2c3ccc(N)cc3ccc2c2ccc3cc(CN)ccc3c21. The maximum atomic E-state index is 5.97. The van der Waals surface area contributed by atoms with Crippen LogP contribution in [0.5, 0.6) is 0 Å². The molecule has 5 rings (SSSR count). The lowest BCUT2D eigenvalue weighted by Crippen LogP contribution is -1.96. The third-order valence-corrected chi connectivity index (χ3v) is 5.27. The number of anilines is 1. The smallest absolute Gasteiger partial charge is 0.0568 e. The quantitative estimate of drug-likeness (QED) is 0.440. The molecule has 0 amide bonds. The van der Waals surface area contributed by atoms with Gasteiger partial charge in [0.1, 0.15) is 0 Å². The van der Waals surface area contributed by atoms with Gasteiger partial charge in [0, 0.05) is 40.8 Å². The maximum Gasteiger partial charge on any atom is 0.0568 e. The fourth-order valence-electron chi connectivity index (χ4n) is 4.09. The van der Waals surface area contributed by atoms with Crippen molar-refractivity contribution >= 4 is 49.0 Å². The zero-order valence-corrected chi connectivity index (χ0v) is 14.1. The predicted octanol–water partition coefficient (Wildman–Crippen LogP) is 4.68. The number of rotatable bonds is 1. The molecule has 3 nitrogen and oxygen atoms in total. The Morgan fingerprint density at radius 1 is 0.720 bits per heavy atom. The molecule has 0 aliphatic carbocycles. The van der Waals surface area contributed by atoms with E-state index in [2.05, 4.69) is 60.1 Å². The second kappa shape index (κ2) is 4.98. The monoisotopic (exact) mass is 325 g/mol. The van der Waals surface area contributed by atoms with Gasteiger partial charge in [-0.25, -0.2) is 0 Å². The van der Waals surface area contributed by atoms with Crippen LogP contribution in [0.2, 0.25) is 0 Å². The zero-order chi connectivity index (χ0) is 17.1. The molecule has 0 aliphatic heterocycles. The minimum absolute atomic E-state index is 0.565. The van der Waals surface area contributed by atoms with E-state index in [1.807, 2.05) is 12.1 Å². The van der Waals surface area contributed by atoms with Crippen LogP contribution in [0, 0.1) is 0 Å². The Morgan fingerprint density at radius 2 is 1.28 bits per heavy atom. The molecule has 5 aromatic rings. The van der Waals surface area contributed by atoms with Crippen molar-refractivity contribution in [2.24, 2.45) is 12.8 Å². The summed E-state index contributed by atoms with van der Waals surface area (Å²) in [5.41, 5.74) is 16.2. The maximum absolute atomic E-state index is 5.97. The van der Waals surface area contributed by atoms with E-state index in [9.17, 15) is 0 Å². The van der Waals surface area contributed by atoms with Gasteiger partial charge in [0.15, 0.2) is 0 Å². The van der Waals surface area contributed by atoms with Crippen molar-refractivity contribution in [2.45, 2.75) is 6.54 Å². The molecule has 0 spiro atoms. The molecule has 1 heterocycles. The average molecular weight is 325 g/mol. The van der Waals surface area contributed by atoms with Gasteiger partial charge in [-0.2, -0.15) is 0 Å². The van der Waals surface area contributed by atoms with E-state index in [1.54, 1.807) is 0 Å². The number of aromatic nitrogens is 1. The summed E-state index contributed by atoms with van der Waals surface area (Å²) in [4.78, 5) is 0. The van der Waals surface area contributed by atoms with Crippen LogP contribution in [-0.2, 0) is 13.6 Å². The predicted molar refractivity (Wildman–Crippen MR) is 108 cm³/mol. The highest BCUT2D eigenvalue weighted by Gasteiger charge is 2.13. The van der Waals surface area contributed by atoms with Crippen LogP contribution in [0.4, 0.5) is 5.69 Å². The Bertz CT molecular complexity index is 1300. The molecule has 0 aliphatic rings. The molecular weight excluding hydrogens is 306 g/mol. The second-order valence-corrected chi connectivity index (χ2v) is 6.72. The lowest BCUT2D eigenvalue weighted by atomic mass is 10.0. The highest BCUT2D eigenvalue weighted by atomic mass is 14.9. The normalized spacial score (nSPS) is 11.9. The van der Waals surface area contributed by atoms with Crippen molar-refractivity contribution in [1.82, 2.24) is 4.57 Å². The first kappa shape index (κ1) is 14.3. The summed E-state index contributed by atoms with van der Waals surface area (Å²) < 4.78 is 2.31. The zero-order valence-electron chi connectivity index (χ0n) is 14.1. The number of nitrogens with two attached hydrogens (primary N) is 2. The van der Waals surface area contributed by atoms with Crippen molar-refractivity contribution in [2.75, 3.05) is 5.73 Å². The van der Waals surface area contributed by atoms with Crippen LogP contribution in [0.3, 0.4) is 0 Å². The largest absolute Gasteiger partial charge is 0.399 e. The van der Waals surface area contributed by atoms with E-state index in [0.29, 0.717) is 6.54 Å². The number of hydrogen-bond acceptors (Lipinski definition) is 2. The minimum Gasteiger partial charge on any atom is -0.399 e. The summed E-state index contributed by atoms with van der Waals surface area (Å²) in [5.74, 6) is 0. The third kappa shape index (κ3) is 1.90. The molecule has 3 heteroatoms. The molecule has 25 heavy (non-hydrogen) atoms. The van der Waals surface area contributed by atoms with E-state index in [4.69, 9.17) is 11.5 Å². The molecular formula is C22H19N3. The van der Waals surface area contributed by atoms with Gasteiger partial charge in [0.05, 0.1) is 11.0 Å². The Labute approximate surface area is 145 Å². The summed E-state index contributed by atoms with van der Waals surface area (Å²) in [6.45, 7) is 0.565. The number of aryl methyl sites for hydroxylation is 1. The number of hydrogen-bond donors (Lipinski definition) is 2. The van der Waals surface area contributed by atoms with Gasteiger partial charge in [0.2, 0.25) is 0 Å². The molecule has 0 saturated heterocycles. The molecule has 0 bridgehead atoms. The molecule has 0 radical (unpaired) electrons. The van der Waals surface area contributed by atoms with Gasteiger partial charge in [-0.1, -0.05) is 42.5 Å². The van der Waals surface area contributed by atoms with Crippen molar-refractivity contribution in [3.05, 3.63) is 66.2 Å². The average Bonchev–Trinajstić information content (AvgIpc) is 2.94. The van der Waals surface area contributed by atoms with Gasteiger partial charge in [-0.3, -0.25) is 0 Å². The van der Waals surface area contributed by atoms with E-state index in [0.717, 1.165) is 11.3 Å². The molecule has 1 aromatic heterocycles. The number of benzene rings is 4. The van der Waals surface area contributed by atoms with Crippen LogP contribution in [0.25, 0.3) is 43.4 Å². The molecule has 4 aromatic carbocycles. The molecule has 0 saturated carbocycles.